The molecule has 0 radical (unpaired) electrons. The number of Topliss-reactive ketones (excluding diaryl/α,β-unsaturated/α-hetero) is 1. The van der Waals surface area contributed by atoms with Gasteiger partial charge in [0.15, 0.2) is 22.4 Å². The minimum absolute atomic E-state index is 0.0161. The van der Waals surface area contributed by atoms with Crippen LogP contribution in [0, 0.1) is 0 Å². The van der Waals surface area contributed by atoms with E-state index in [0.717, 1.165) is 11.1 Å². The number of nitrogens with zero attached hydrogens (tertiary/aromatic N) is 2. The number of anilines is 1. The third kappa shape index (κ3) is 2.82. The molecule has 1 amide bonds. The molecular formula is C21H20N2O4S. The van der Waals surface area contributed by atoms with Crippen molar-refractivity contribution in [1.82, 2.24) is 4.90 Å². The molecule has 1 saturated heterocycles. The molecule has 0 aromatic heterocycles. The molecule has 0 bridgehead atoms. The minimum Gasteiger partial charge on any atom is -0.493 e. The second-order valence-corrected chi connectivity index (χ2v) is 7.25. The molecule has 1 fully saturated rings. The summed E-state index contributed by atoms with van der Waals surface area (Å²) < 4.78 is 10.8. The summed E-state index contributed by atoms with van der Waals surface area (Å²) in [4.78, 5) is 28.1. The van der Waals surface area contributed by atoms with Gasteiger partial charge in [-0.3, -0.25) is 14.5 Å². The molecule has 2 aromatic rings. The quantitative estimate of drug-likeness (QED) is 0.585. The van der Waals surface area contributed by atoms with E-state index in [-0.39, 0.29) is 17.7 Å². The number of hydrogen-bond donors (Lipinski definition) is 0. The first-order valence-corrected chi connectivity index (χ1v) is 9.34. The molecule has 2 heterocycles. The zero-order chi connectivity index (χ0) is 20.0. The van der Waals surface area contributed by atoms with Crippen molar-refractivity contribution in [3.63, 3.8) is 0 Å². The minimum atomic E-state index is -0.342. The summed E-state index contributed by atoms with van der Waals surface area (Å²) in [5.74, 6) is 1.24. The van der Waals surface area contributed by atoms with Gasteiger partial charge < -0.3 is 14.4 Å². The highest BCUT2D eigenvalue weighted by Crippen LogP contribution is 2.38. The van der Waals surface area contributed by atoms with E-state index in [1.54, 1.807) is 43.4 Å². The van der Waals surface area contributed by atoms with Crippen molar-refractivity contribution in [3.8, 4) is 11.5 Å². The SMILES string of the molecule is COc1cc2c(cc1OC)CN1C(=S)N(c3ccc(C(C)=O)cc3)C(=O)[C@@H]1C2. The molecule has 2 aliphatic heterocycles. The number of hydrogen-bond acceptors (Lipinski definition) is 5. The molecule has 4 rings (SSSR count). The van der Waals surface area contributed by atoms with E-state index in [2.05, 4.69) is 0 Å². The molecule has 1 atom stereocenters. The Kier molecular flexibility index (Phi) is 4.55. The van der Waals surface area contributed by atoms with Gasteiger partial charge in [-0.05, 0) is 66.7 Å². The van der Waals surface area contributed by atoms with Crippen LogP contribution in [0.1, 0.15) is 28.4 Å². The van der Waals surface area contributed by atoms with Crippen molar-refractivity contribution in [2.24, 2.45) is 0 Å². The Bertz CT molecular complexity index is 936. The van der Waals surface area contributed by atoms with Gasteiger partial charge in [0.1, 0.15) is 6.04 Å². The number of ether oxygens (including phenoxy) is 2. The molecule has 2 aromatic carbocycles. The predicted molar refractivity (Wildman–Crippen MR) is 109 cm³/mol. The molecule has 0 aliphatic carbocycles. The van der Waals surface area contributed by atoms with Crippen molar-refractivity contribution < 1.29 is 19.1 Å². The van der Waals surface area contributed by atoms with E-state index in [0.29, 0.717) is 40.8 Å². The van der Waals surface area contributed by atoms with Crippen molar-refractivity contribution in [2.75, 3.05) is 19.1 Å². The highest BCUT2D eigenvalue weighted by atomic mass is 32.1. The number of carbonyl (C=O) groups excluding carboxylic acids is 2. The molecule has 6 nitrogen and oxygen atoms in total. The van der Waals surface area contributed by atoms with Crippen LogP contribution in [-0.2, 0) is 17.8 Å². The molecule has 0 saturated carbocycles. The summed E-state index contributed by atoms with van der Waals surface area (Å²) in [5, 5.41) is 0.478. The Morgan fingerprint density at radius 3 is 2.25 bits per heavy atom. The summed E-state index contributed by atoms with van der Waals surface area (Å²) in [5.41, 5.74) is 3.40. The van der Waals surface area contributed by atoms with Crippen LogP contribution in [-0.4, -0.2) is 42.0 Å². The van der Waals surface area contributed by atoms with Crippen LogP contribution < -0.4 is 14.4 Å². The highest BCUT2D eigenvalue weighted by Gasteiger charge is 2.45. The van der Waals surface area contributed by atoms with Crippen LogP contribution in [0.5, 0.6) is 11.5 Å². The predicted octanol–water partition coefficient (Wildman–Crippen LogP) is 2.96. The third-order valence-electron chi connectivity index (χ3n) is 5.31. The lowest BCUT2D eigenvalue weighted by atomic mass is 9.94. The zero-order valence-corrected chi connectivity index (χ0v) is 16.7. The molecule has 0 unspecified atom stereocenters. The molecule has 0 N–H and O–H groups in total. The second-order valence-electron chi connectivity index (χ2n) is 6.88. The monoisotopic (exact) mass is 396 g/mol. The van der Waals surface area contributed by atoms with Crippen LogP contribution in [0.2, 0.25) is 0 Å². The number of amides is 1. The number of fused-ring (bicyclic) bond motifs is 2. The first-order chi connectivity index (χ1) is 13.4. The molecular weight excluding hydrogens is 376 g/mol. The second kappa shape index (κ2) is 6.91. The van der Waals surface area contributed by atoms with Gasteiger partial charge in [-0.15, -0.1) is 0 Å². The summed E-state index contributed by atoms with van der Waals surface area (Å²) in [7, 11) is 3.20. The summed E-state index contributed by atoms with van der Waals surface area (Å²) >= 11 is 5.63. The highest BCUT2D eigenvalue weighted by molar-refractivity contribution is 7.80. The van der Waals surface area contributed by atoms with Gasteiger partial charge in [-0.1, -0.05) is 0 Å². The average Bonchev–Trinajstić information content (AvgIpc) is 2.95. The van der Waals surface area contributed by atoms with Crippen LogP contribution in [0.25, 0.3) is 0 Å². The van der Waals surface area contributed by atoms with Crippen molar-refractivity contribution in [3.05, 3.63) is 53.1 Å². The fourth-order valence-corrected chi connectivity index (χ4v) is 4.18. The Labute approximate surface area is 168 Å². The maximum Gasteiger partial charge on any atom is 0.256 e. The third-order valence-corrected chi connectivity index (χ3v) is 5.73. The van der Waals surface area contributed by atoms with Crippen LogP contribution >= 0.6 is 12.2 Å². The first-order valence-electron chi connectivity index (χ1n) is 8.94. The van der Waals surface area contributed by atoms with Gasteiger partial charge in [-0.25, -0.2) is 0 Å². The Morgan fingerprint density at radius 1 is 1.07 bits per heavy atom. The number of carbonyl (C=O) groups is 2. The number of ketones is 1. The summed E-state index contributed by atoms with van der Waals surface area (Å²) in [6.45, 7) is 2.05. The Balaban J connectivity index is 1.67. The maximum atomic E-state index is 13.1. The Morgan fingerprint density at radius 2 is 1.68 bits per heavy atom. The zero-order valence-electron chi connectivity index (χ0n) is 15.9. The Hall–Kier alpha value is -2.93. The molecule has 7 heteroatoms. The van der Waals surface area contributed by atoms with E-state index in [1.807, 2.05) is 17.0 Å². The van der Waals surface area contributed by atoms with Crippen LogP contribution in [0.15, 0.2) is 36.4 Å². The van der Waals surface area contributed by atoms with Gasteiger partial charge in [0, 0.05) is 18.5 Å². The average molecular weight is 396 g/mol. The van der Waals surface area contributed by atoms with E-state index < -0.39 is 0 Å². The lowest BCUT2D eigenvalue weighted by molar-refractivity contribution is -0.120. The fraction of sp³-hybridized carbons (Fsp3) is 0.286. The van der Waals surface area contributed by atoms with Crippen molar-refractivity contribution in [1.29, 1.82) is 0 Å². The van der Waals surface area contributed by atoms with Gasteiger partial charge in [0.05, 0.1) is 19.9 Å². The lowest BCUT2D eigenvalue weighted by Crippen LogP contribution is -2.40. The standard InChI is InChI=1S/C21H20N2O4S/c1-12(24)13-4-6-16(7-5-13)23-20(25)17-8-14-9-18(26-2)19(27-3)10-15(14)11-22(17)21(23)28/h4-7,9-10,17H,8,11H2,1-3H3/t17-/m0/s1. The normalized spacial score (nSPS) is 18.0. The van der Waals surface area contributed by atoms with E-state index in [4.69, 9.17) is 21.7 Å². The molecule has 28 heavy (non-hydrogen) atoms. The fourth-order valence-electron chi connectivity index (χ4n) is 3.79. The van der Waals surface area contributed by atoms with Gasteiger partial charge >= 0.3 is 0 Å². The van der Waals surface area contributed by atoms with E-state index >= 15 is 0 Å². The van der Waals surface area contributed by atoms with Crippen molar-refractivity contribution >= 4 is 34.7 Å². The topological polar surface area (TPSA) is 59.1 Å². The van der Waals surface area contributed by atoms with Crippen LogP contribution in [0.3, 0.4) is 0 Å². The lowest BCUT2D eigenvalue weighted by Gasteiger charge is -2.31. The van der Waals surface area contributed by atoms with Gasteiger partial charge in [0.2, 0.25) is 0 Å². The number of thiocarbonyl (C=S) groups is 1. The molecule has 144 valence electrons. The van der Waals surface area contributed by atoms with Gasteiger partial charge in [0.25, 0.3) is 5.91 Å². The summed E-state index contributed by atoms with van der Waals surface area (Å²) in [6.07, 6.45) is 0.552. The maximum absolute atomic E-state index is 13.1. The summed E-state index contributed by atoms with van der Waals surface area (Å²) in [6, 6.07) is 10.5. The molecule has 0 spiro atoms. The molecule has 2 aliphatic rings. The van der Waals surface area contributed by atoms with Crippen LogP contribution in [0.4, 0.5) is 5.69 Å². The van der Waals surface area contributed by atoms with E-state index in [1.165, 1.54) is 6.92 Å². The van der Waals surface area contributed by atoms with Gasteiger partial charge in [-0.2, -0.15) is 0 Å². The first kappa shape index (κ1) is 18.4. The largest absolute Gasteiger partial charge is 0.493 e. The number of rotatable bonds is 4. The number of methoxy groups -OCH3 is 2. The van der Waals surface area contributed by atoms with E-state index in [9.17, 15) is 9.59 Å². The van der Waals surface area contributed by atoms with Crippen molar-refractivity contribution in [2.45, 2.75) is 25.9 Å². The smallest absolute Gasteiger partial charge is 0.256 e. The number of benzene rings is 2.